The lowest BCUT2D eigenvalue weighted by Crippen LogP contribution is -2.39. The van der Waals surface area contributed by atoms with Gasteiger partial charge in [-0.2, -0.15) is 0 Å². The molecule has 1 aromatic carbocycles. The second-order valence-corrected chi connectivity index (χ2v) is 10.2. The number of hydrogen-bond acceptors (Lipinski definition) is 6. The highest BCUT2D eigenvalue weighted by atomic mass is 16.4. The first-order valence-corrected chi connectivity index (χ1v) is 13.9. The predicted octanol–water partition coefficient (Wildman–Crippen LogP) is 4.68. The Morgan fingerprint density at radius 2 is 1.55 bits per heavy atom. The Labute approximate surface area is 227 Å². The first-order valence-electron chi connectivity index (χ1n) is 13.9. The van der Waals surface area contributed by atoms with Crippen molar-refractivity contribution in [2.45, 2.75) is 78.2 Å². The van der Waals surface area contributed by atoms with Crippen LogP contribution in [0.3, 0.4) is 0 Å². The summed E-state index contributed by atoms with van der Waals surface area (Å²) in [6, 6.07) is 8.09. The fraction of sp³-hybridized carbons (Fsp3) is 0.552. The quantitative estimate of drug-likeness (QED) is 0.222. The summed E-state index contributed by atoms with van der Waals surface area (Å²) in [7, 11) is 1.92. The minimum atomic E-state index is -0.748. The predicted molar refractivity (Wildman–Crippen MR) is 150 cm³/mol. The number of aliphatic carboxylic acids is 1. The molecule has 3 N–H and O–H groups in total. The molecule has 0 saturated heterocycles. The molecule has 0 aliphatic rings. The van der Waals surface area contributed by atoms with Crippen molar-refractivity contribution < 1.29 is 9.90 Å². The maximum atomic E-state index is 12.0. The zero-order chi connectivity index (χ0) is 27.3. The molecule has 0 saturated carbocycles. The highest BCUT2D eigenvalue weighted by Crippen LogP contribution is 2.22. The Balaban J connectivity index is 1.59. The smallest absolute Gasteiger partial charge is 0.320 e. The highest BCUT2D eigenvalue weighted by molar-refractivity contribution is 5.73. The summed E-state index contributed by atoms with van der Waals surface area (Å²) < 4.78 is 0. The molecule has 9 heteroatoms. The van der Waals surface area contributed by atoms with Crippen LogP contribution in [0.5, 0.6) is 0 Å². The average molecular weight is 524 g/mol. The monoisotopic (exact) mass is 523 g/mol. The largest absolute Gasteiger partial charge is 0.480 e. The molecule has 2 aromatic heterocycles. The zero-order valence-electron chi connectivity index (χ0n) is 23.4. The van der Waals surface area contributed by atoms with E-state index in [4.69, 9.17) is 0 Å². The topological polar surface area (TPSA) is 104 Å². The van der Waals surface area contributed by atoms with Crippen LogP contribution < -0.4 is 0 Å². The molecule has 208 valence electrons. The standard InChI is InChI=1S/C29H45N7O2/c1-5-17-35(18-6-2)19-7-8-26(29(37)38)34(4)20-24-9-11-25(12-10-24)21-36(22-27-30-13-14-31-27)23(3)28-32-15-16-33-28/h9-16,23,26H,5-8,17-22H2,1-4H3,(H,30,31)(H,32,33)(H,37,38)/t23?,26-/m0/s1. The van der Waals surface area contributed by atoms with Crippen LogP contribution in [0.2, 0.25) is 0 Å². The third-order valence-electron chi connectivity index (χ3n) is 7.06. The molecule has 0 aliphatic heterocycles. The number of nitrogens with one attached hydrogen (secondary N) is 2. The summed E-state index contributed by atoms with van der Waals surface area (Å²) in [5, 5.41) is 9.90. The van der Waals surface area contributed by atoms with Gasteiger partial charge in [0.05, 0.1) is 12.6 Å². The highest BCUT2D eigenvalue weighted by Gasteiger charge is 2.23. The number of likely N-dealkylation sites (N-methyl/N-ethyl adjacent to an activating group) is 1. The third-order valence-corrected chi connectivity index (χ3v) is 7.06. The van der Waals surface area contributed by atoms with E-state index < -0.39 is 12.0 Å². The fourth-order valence-electron chi connectivity index (χ4n) is 4.98. The van der Waals surface area contributed by atoms with E-state index in [1.54, 1.807) is 12.4 Å². The Bertz CT molecular complexity index is 1030. The molecule has 1 unspecified atom stereocenters. The van der Waals surface area contributed by atoms with Crippen molar-refractivity contribution in [2.24, 2.45) is 0 Å². The van der Waals surface area contributed by atoms with E-state index in [1.807, 2.05) is 24.3 Å². The van der Waals surface area contributed by atoms with Gasteiger partial charge in [0.1, 0.15) is 17.7 Å². The second kappa shape index (κ2) is 15.4. The van der Waals surface area contributed by atoms with Crippen LogP contribution >= 0.6 is 0 Å². The van der Waals surface area contributed by atoms with E-state index >= 15 is 0 Å². The number of carboxylic acids is 1. The molecule has 0 amide bonds. The van der Waals surface area contributed by atoms with Crippen molar-refractivity contribution in [3.63, 3.8) is 0 Å². The molecule has 2 heterocycles. The summed E-state index contributed by atoms with van der Waals surface area (Å²) in [5.74, 6) is 1.08. The molecule has 0 spiro atoms. The summed E-state index contributed by atoms with van der Waals surface area (Å²) in [6.45, 7) is 11.6. The summed E-state index contributed by atoms with van der Waals surface area (Å²) in [4.78, 5) is 34.1. The molecule has 0 radical (unpaired) electrons. The van der Waals surface area contributed by atoms with Gasteiger partial charge in [0.15, 0.2) is 0 Å². The molecule has 3 aromatic rings. The number of H-pyrrole nitrogens is 2. The van der Waals surface area contributed by atoms with Crippen LogP contribution in [-0.4, -0.2) is 78.4 Å². The minimum Gasteiger partial charge on any atom is -0.480 e. The number of benzene rings is 1. The molecule has 3 rings (SSSR count). The SMILES string of the molecule is CCCN(CCC)CCC[C@@H](C(=O)O)N(C)Cc1ccc(CN(Cc2ncc[nH]2)C(C)c2ncc[nH]2)cc1. The van der Waals surface area contributed by atoms with Crippen molar-refractivity contribution in [3.8, 4) is 0 Å². The number of aromatic nitrogens is 4. The van der Waals surface area contributed by atoms with Crippen LogP contribution in [0, 0.1) is 0 Å². The van der Waals surface area contributed by atoms with E-state index in [9.17, 15) is 9.90 Å². The molecule has 0 aliphatic carbocycles. The van der Waals surface area contributed by atoms with Crippen molar-refractivity contribution >= 4 is 5.97 Å². The van der Waals surface area contributed by atoms with Crippen LogP contribution in [-0.2, 0) is 24.4 Å². The number of rotatable bonds is 18. The lowest BCUT2D eigenvalue weighted by Gasteiger charge is -2.28. The Morgan fingerprint density at radius 3 is 2.11 bits per heavy atom. The van der Waals surface area contributed by atoms with Gasteiger partial charge in [0.25, 0.3) is 0 Å². The van der Waals surface area contributed by atoms with Crippen LogP contribution in [0.1, 0.15) is 75.3 Å². The molecule has 38 heavy (non-hydrogen) atoms. The number of aromatic amines is 2. The Hall–Kier alpha value is -3.01. The maximum Gasteiger partial charge on any atom is 0.320 e. The van der Waals surface area contributed by atoms with Crippen LogP contribution in [0.4, 0.5) is 0 Å². The van der Waals surface area contributed by atoms with Gasteiger partial charge in [-0.15, -0.1) is 0 Å². The van der Waals surface area contributed by atoms with Crippen LogP contribution in [0.15, 0.2) is 49.1 Å². The van der Waals surface area contributed by atoms with Gasteiger partial charge in [-0.25, -0.2) is 9.97 Å². The van der Waals surface area contributed by atoms with Crippen molar-refractivity contribution in [1.29, 1.82) is 0 Å². The van der Waals surface area contributed by atoms with Crippen molar-refractivity contribution in [2.75, 3.05) is 26.7 Å². The minimum absolute atomic E-state index is 0.0859. The number of carbonyl (C=O) groups is 1. The summed E-state index contributed by atoms with van der Waals surface area (Å²) >= 11 is 0. The molecule has 0 fully saturated rings. The fourth-order valence-corrected chi connectivity index (χ4v) is 4.98. The van der Waals surface area contributed by atoms with Gasteiger partial charge < -0.3 is 20.0 Å². The summed E-state index contributed by atoms with van der Waals surface area (Å²) in [6.07, 6.45) is 11.0. The number of imidazole rings is 2. The van der Waals surface area contributed by atoms with E-state index in [0.29, 0.717) is 19.5 Å². The molecule has 0 bridgehead atoms. The summed E-state index contributed by atoms with van der Waals surface area (Å²) in [5.41, 5.74) is 2.29. The van der Waals surface area contributed by atoms with Crippen molar-refractivity contribution in [1.82, 2.24) is 34.6 Å². The van der Waals surface area contributed by atoms with Gasteiger partial charge in [0, 0.05) is 37.9 Å². The van der Waals surface area contributed by atoms with Crippen LogP contribution in [0.25, 0.3) is 0 Å². The molecule has 2 atom stereocenters. The van der Waals surface area contributed by atoms with Gasteiger partial charge in [0.2, 0.25) is 0 Å². The first-order chi connectivity index (χ1) is 18.4. The Kier molecular flexibility index (Phi) is 12.0. The number of carboxylic acid groups (broad SMARTS) is 1. The lowest BCUT2D eigenvalue weighted by molar-refractivity contribution is -0.143. The second-order valence-electron chi connectivity index (χ2n) is 10.2. The third kappa shape index (κ3) is 9.08. The molecular formula is C29H45N7O2. The zero-order valence-corrected chi connectivity index (χ0v) is 23.4. The van der Waals surface area contributed by atoms with Gasteiger partial charge in [-0.3, -0.25) is 14.6 Å². The number of nitrogens with zero attached hydrogens (tertiary/aromatic N) is 5. The van der Waals surface area contributed by atoms with Gasteiger partial charge >= 0.3 is 5.97 Å². The van der Waals surface area contributed by atoms with E-state index in [-0.39, 0.29) is 6.04 Å². The normalized spacial score (nSPS) is 13.4. The van der Waals surface area contributed by atoms with Crippen molar-refractivity contribution in [3.05, 3.63) is 71.8 Å². The maximum absolute atomic E-state index is 12.0. The van der Waals surface area contributed by atoms with Gasteiger partial charge in [-0.1, -0.05) is 38.1 Å². The Morgan fingerprint density at radius 1 is 0.921 bits per heavy atom. The van der Waals surface area contributed by atoms with E-state index in [2.05, 4.69) is 74.8 Å². The molecule has 9 nitrogen and oxygen atoms in total. The molecular weight excluding hydrogens is 478 g/mol. The lowest BCUT2D eigenvalue weighted by atomic mass is 10.1. The number of hydrogen-bond donors (Lipinski definition) is 3. The average Bonchev–Trinajstić information content (AvgIpc) is 3.62. The van der Waals surface area contributed by atoms with E-state index in [0.717, 1.165) is 62.7 Å². The first kappa shape index (κ1) is 29.5. The van der Waals surface area contributed by atoms with Gasteiger partial charge in [-0.05, 0) is 70.4 Å². The van der Waals surface area contributed by atoms with E-state index in [1.165, 1.54) is 5.56 Å².